The van der Waals surface area contributed by atoms with E-state index >= 15 is 0 Å². The van der Waals surface area contributed by atoms with Crippen LogP contribution >= 0.6 is 23.2 Å². The van der Waals surface area contributed by atoms with Crippen LogP contribution in [0.15, 0.2) is 70.5 Å². The van der Waals surface area contributed by atoms with Crippen LogP contribution in [0.1, 0.15) is 29.9 Å². The van der Waals surface area contributed by atoms with Crippen molar-refractivity contribution in [2.24, 2.45) is 5.92 Å². The number of rotatable bonds is 4. The highest BCUT2D eigenvalue weighted by Crippen LogP contribution is 2.60. The molecule has 1 aliphatic carbocycles. The summed E-state index contributed by atoms with van der Waals surface area (Å²) in [5.41, 5.74) is 4.32. The summed E-state index contributed by atoms with van der Waals surface area (Å²) in [7, 11) is 0. The molecule has 1 saturated carbocycles. The third-order valence-electron chi connectivity index (χ3n) is 7.93. The molecule has 0 saturated heterocycles. The first-order valence-electron chi connectivity index (χ1n) is 12.8. The summed E-state index contributed by atoms with van der Waals surface area (Å²) in [4.78, 5) is 36.1. The van der Waals surface area contributed by atoms with Crippen molar-refractivity contribution in [3.05, 3.63) is 103 Å². The number of fused-ring (bicyclic) bond motifs is 4. The van der Waals surface area contributed by atoms with Gasteiger partial charge in [-0.2, -0.15) is 4.68 Å². The Labute approximate surface area is 240 Å². The third kappa shape index (κ3) is 3.73. The lowest BCUT2D eigenvalue weighted by Gasteiger charge is -2.17. The lowest BCUT2D eigenvalue weighted by atomic mass is 10.0. The number of aromatic hydroxyl groups is 1. The second kappa shape index (κ2) is 8.63. The van der Waals surface area contributed by atoms with Crippen LogP contribution in [0.2, 0.25) is 10.2 Å². The fourth-order valence-corrected chi connectivity index (χ4v) is 6.48. The van der Waals surface area contributed by atoms with Crippen LogP contribution in [0.25, 0.3) is 39.0 Å². The molecule has 0 radical (unpaired) electrons. The van der Waals surface area contributed by atoms with Gasteiger partial charge in [-0.15, -0.1) is 5.10 Å². The topological polar surface area (TPSA) is 147 Å². The van der Waals surface area contributed by atoms with Crippen LogP contribution in [0.5, 0.6) is 5.75 Å². The summed E-state index contributed by atoms with van der Waals surface area (Å²) in [5.74, 6) is 0.883. The highest BCUT2D eigenvalue weighted by Gasteiger charge is 2.54. The maximum absolute atomic E-state index is 13.7. The number of aromatic amines is 2. The smallest absolute Gasteiger partial charge is 0.252 e. The van der Waals surface area contributed by atoms with Crippen LogP contribution in [0.4, 0.5) is 0 Å². The van der Waals surface area contributed by atoms with E-state index in [1.165, 1.54) is 11.0 Å². The molecule has 11 nitrogen and oxygen atoms in total. The summed E-state index contributed by atoms with van der Waals surface area (Å²) in [5, 5.41) is 23.0. The number of tetrazole rings is 1. The van der Waals surface area contributed by atoms with Gasteiger partial charge < -0.3 is 19.6 Å². The highest BCUT2D eigenvalue weighted by atomic mass is 35.5. The molecular formula is C28H18Cl2N8O3. The second-order valence-electron chi connectivity index (χ2n) is 10.3. The largest absolute Gasteiger partial charge is 0.507 e. The lowest BCUT2D eigenvalue weighted by Crippen LogP contribution is -2.26. The standard InChI is InChI=1S/C28H18Cl2N8O3/c29-14-2-4-20(37-11-31-35-36-37)15(8-14)13-6-21-16-9-17(16)26(38(21)24(41)7-13)28-33-25(27(30)34-28)12-1-3-19-18(5-12)22(39)10-23(40)32-19/h1-8,10-11,16-17,26H,9H2,(H,33,34)(H2,32,39,40). The van der Waals surface area contributed by atoms with E-state index < -0.39 is 0 Å². The molecule has 0 bridgehead atoms. The maximum Gasteiger partial charge on any atom is 0.252 e. The van der Waals surface area contributed by atoms with Gasteiger partial charge in [0.2, 0.25) is 0 Å². The zero-order valence-corrected chi connectivity index (χ0v) is 22.4. The number of H-pyrrole nitrogens is 2. The van der Waals surface area contributed by atoms with Crippen LogP contribution in [-0.4, -0.2) is 44.8 Å². The molecule has 3 atom stereocenters. The summed E-state index contributed by atoms with van der Waals surface area (Å²) < 4.78 is 3.33. The number of nitrogens with one attached hydrogen (secondary N) is 2. The first-order valence-corrected chi connectivity index (χ1v) is 13.5. The van der Waals surface area contributed by atoms with Crippen molar-refractivity contribution in [1.29, 1.82) is 0 Å². The fraction of sp³-hybridized carbons (Fsp3) is 0.143. The van der Waals surface area contributed by atoms with E-state index in [1.54, 1.807) is 41.0 Å². The first kappa shape index (κ1) is 24.1. The Morgan fingerprint density at radius 2 is 1.85 bits per heavy atom. The molecule has 0 amide bonds. The second-order valence-corrected chi connectivity index (χ2v) is 11.1. The van der Waals surface area contributed by atoms with Crippen LogP contribution < -0.4 is 11.1 Å². The predicted octanol–water partition coefficient (Wildman–Crippen LogP) is 4.44. The van der Waals surface area contributed by atoms with Gasteiger partial charge in [-0.3, -0.25) is 9.59 Å². The van der Waals surface area contributed by atoms with Crippen molar-refractivity contribution < 1.29 is 5.11 Å². The van der Waals surface area contributed by atoms with Crippen molar-refractivity contribution in [3.8, 4) is 33.8 Å². The Morgan fingerprint density at radius 1 is 0.976 bits per heavy atom. The van der Waals surface area contributed by atoms with Gasteiger partial charge in [-0.25, -0.2) is 4.98 Å². The molecule has 2 aliphatic rings. The molecule has 6 aromatic rings. The van der Waals surface area contributed by atoms with Crippen molar-refractivity contribution in [3.63, 3.8) is 0 Å². The van der Waals surface area contributed by atoms with Gasteiger partial charge in [0, 0.05) is 45.3 Å². The lowest BCUT2D eigenvalue weighted by molar-refractivity contribution is 0.480. The van der Waals surface area contributed by atoms with Crippen molar-refractivity contribution in [2.45, 2.75) is 18.4 Å². The zero-order valence-electron chi connectivity index (χ0n) is 20.9. The number of halogens is 2. The minimum atomic E-state index is -0.390. The number of benzene rings is 2. The Morgan fingerprint density at radius 3 is 2.68 bits per heavy atom. The number of hydrogen-bond acceptors (Lipinski definition) is 7. The molecule has 3 unspecified atom stereocenters. The van der Waals surface area contributed by atoms with Crippen LogP contribution in [-0.2, 0) is 0 Å². The molecule has 13 heteroatoms. The average Bonchev–Trinajstić information content (AvgIpc) is 3.24. The SMILES string of the molecule is O=c1cc(O)c2cc(-c3[nH]c(C4C5CC5c5cc(-c6cc(Cl)ccc6-n6cnnn6)cc(=O)n54)nc3Cl)ccc2[nH]1. The average molecular weight is 585 g/mol. The Balaban J connectivity index is 1.21. The molecule has 0 spiro atoms. The quantitative estimate of drug-likeness (QED) is 0.277. The van der Waals surface area contributed by atoms with Crippen molar-refractivity contribution >= 4 is 34.1 Å². The van der Waals surface area contributed by atoms with Crippen molar-refractivity contribution in [2.75, 3.05) is 0 Å². The van der Waals surface area contributed by atoms with Gasteiger partial charge in [-0.05, 0) is 64.7 Å². The van der Waals surface area contributed by atoms with Crippen LogP contribution in [0, 0.1) is 5.92 Å². The zero-order chi connectivity index (χ0) is 28.0. The Kier molecular flexibility index (Phi) is 5.07. The van der Waals surface area contributed by atoms with E-state index in [1.807, 2.05) is 12.1 Å². The maximum atomic E-state index is 13.7. The molecule has 41 heavy (non-hydrogen) atoms. The normalized spacial score (nSPS) is 18.9. The van der Waals surface area contributed by atoms with Gasteiger partial charge in [-0.1, -0.05) is 29.3 Å². The van der Waals surface area contributed by atoms with E-state index in [0.29, 0.717) is 38.7 Å². The molecule has 1 fully saturated rings. The number of nitrogens with zero attached hydrogens (tertiary/aromatic N) is 6. The van der Waals surface area contributed by atoms with Crippen LogP contribution in [0.3, 0.4) is 0 Å². The summed E-state index contributed by atoms with van der Waals surface area (Å²) in [6.07, 6.45) is 2.42. The molecule has 3 N–H and O–H groups in total. The number of hydrogen-bond donors (Lipinski definition) is 3. The third-order valence-corrected chi connectivity index (χ3v) is 8.44. The summed E-state index contributed by atoms with van der Waals surface area (Å²) >= 11 is 12.9. The summed E-state index contributed by atoms with van der Waals surface area (Å²) in [6, 6.07) is 15.1. The van der Waals surface area contributed by atoms with Gasteiger partial charge in [0.05, 0.1) is 22.9 Å². The van der Waals surface area contributed by atoms with Gasteiger partial charge in [0.15, 0.2) is 5.15 Å². The minimum Gasteiger partial charge on any atom is -0.507 e. The van der Waals surface area contributed by atoms with Gasteiger partial charge >= 0.3 is 0 Å². The van der Waals surface area contributed by atoms with E-state index in [-0.39, 0.29) is 39.9 Å². The fourth-order valence-electron chi connectivity index (χ4n) is 6.06. The Bertz CT molecular complexity index is 2150. The van der Waals surface area contributed by atoms with E-state index in [4.69, 9.17) is 23.2 Å². The molecule has 4 aromatic heterocycles. The molecule has 5 heterocycles. The Hall–Kier alpha value is -4.74. The number of aromatic nitrogens is 8. The predicted molar refractivity (Wildman–Crippen MR) is 152 cm³/mol. The molecule has 8 rings (SSSR count). The van der Waals surface area contributed by atoms with E-state index in [9.17, 15) is 14.7 Å². The first-order chi connectivity index (χ1) is 19.9. The molecular weight excluding hydrogens is 567 g/mol. The minimum absolute atomic E-state index is 0.127. The highest BCUT2D eigenvalue weighted by molar-refractivity contribution is 6.32. The van der Waals surface area contributed by atoms with Crippen molar-refractivity contribution in [1.82, 2.24) is 39.7 Å². The molecule has 1 aliphatic heterocycles. The molecule has 202 valence electrons. The summed E-state index contributed by atoms with van der Waals surface area (Å²) in [6.45, 7) is 0. The molecule has 2 aromatic carbocycles. The number of imidazole rings is 1. The van der Waals surface area contributed by atoms with E-state index in [2.05, 4.69) is 30.5 Å². The van der Waals surface area contributed by atoms with Gasteiger partial charge in [0.25, 0.3) is 11.1 Å². The van der Waals surface area contributed by atoms with Gasteiger partial charge in [0.1, 0.15) is 17.9 Å². The van der Waals surface area contributed by atoms with E-state index in [0.717, 1.165) is 29.3 Å². The number of pyridine rings is 2. The monoisotopic (exact) mass is 584 g/mol.